The zero-order chi connectivity index (χ0) is 19.7. The van der Waals surface area contributed by atoms with Crippen molar-refractivity contribution in [2.45, 2.75) is 37.1 Å². The summed E-state index contributed by atoms with van der Waals surface area (Å²) in [4.78, 5) is 9.39. The van der Waals surface area contributed by atoms with Crippen LogP contribution in [-0.2, 0) is 22.9 Å². The summed E-state index contributed by atoms with van der Waals surface area (Å²) >= 11 is 6.09. The molecule has 144 valence electrons. The highest BCUT2D eigenvalue weighted by Crippen LogP contribution is 2.26. The highest BCUT2D eigenvalue weighted by molar-refractivity contribution is 7.89. The minimum absolute atomic E-state index is 0.193. The summed E-state index contributed by atoms with van der Waals surface area (Å²) in [6.45, 7) is 1.71. The van der Waals surface area contributed by atoms with Gasteiger partial charge in [0.2, 0.25) is 10.0 Å². The lowest BCUT2D eigenvalue weighted by molar-refractivity contribution is 0.501. The number of fused-ring (bicyclic) bond motifs is 1. The zero-order valence-corrected chi connectivity index (χ0v) is 17.0. The average Bonchev–Trinajstić information content (AvgIpc) is 2.70. The number of sulfonamides is 1. The molecule has 1 N–H and O–H groups in total. The summed E-state index contributed by atoms with van der Waals surface area (Å²) < 4.78 is 28.5. The Bertz CT molecular complexity index is 1120. The van der Waals surface area contributed by atoms with Crippen LogP contribution >= 0.6 is 11.6 Å². The Morgan fingerprint density at radius 2 is 1.89 bits per heavy atom. The quantitative estimate of drug-likeness (QED) is 0.703. The van der Waals surface area contributed by atoms with Crippen molar-refractivity contribution in [2.24, 2.45) is 0 Å². The van der Waals surface area contributed by atoms with E-state index in [0.29, 0.717) is 35.7 Å². The predicted molar refractivity (Wildman–Crippen MR) is 110 cm³/mol. The van der Waals surface area contributed by atoms with Crippen molar-refractivity contribution in [2.75, 3.05) is 0 Å². The van der Waals surface area contributed by atoms with Crippen molar-refractivity contribution in [3.05, 3.63) is 76.6 Å². The number of hydrogen-bond acceptors (Lipinski definition) is 4. The second-order valence-corrected chi connectivity index (χ2v) is 9.05. The fraction of sp³-hybridized carbons (Fsp3) is 0.238. The Morgan fingerprint density at radius 1 is 1.11 bits per heavy atom. The van der Waals surface area contributed by atoms with Gasteiger partial charge in [0.25, 0.3) is 0 Å². The third-order valence-corrected chi connectivity index (χ3v) is 7.09. The Morgan fingerprint density at radius 3 is 2.68 bits per heavy atom. The molecule has 0 aliphatic heterocycles. The number of nitrogens with one attached hydrogen (secondary N) is 1. The largest absolute Gasteiger partial charge is 0.241 e. The molecule has 0 spiro atoms. The molecule has 2 aromatic carbocycles. The Labute approximate surface area is 169 Å². The van der Waals surface area contributed by atoms with Gasteiger partial charge in [-0.1, -0.05) is 48.0 Å². The SMILES string of the molecule is Cc1c(Cl)cccc1S(=O)(=O)N[C@@H]1CCc2nc(-c3ccccc3)ncc2C1. The number of benzene rings is 2. The molecule has 28 heavy (non-hydrogen) atoms. The summed E-state index contributed by atoms with van der Waals surface area (Å²) in [6, 6.07) is 14.6. The molecule has 5 nitrogen and oxygen atoms in total. The first kappa shape index (κ1) is 19.1. The molecule has 0 saturated carbocycles. The molecule has 3 aromatic rings. The first-order chi connectivity index (χ1) is 13.4. The van der Waals surface area contributed by atoms with E-state index in [0.717, 1.165) is 16.8 Å². The zero-order valence-electron chi connectivity index (χ0n) is 15.4. The standard InChI is InChI=1S/C21H20ClN3O2S/c1-14-18(22)8-5-9-20(14)28(26,27)25-17-10-11-19-16(12-17)13-23-21(24-19)15-6-3-2-4-7-15/h2-9,13,17,25H,10-12H2,1H3/t17-/m1/s1. The van der Waals surface area contributed by atoms with Crippen molar-refractivity contribution in [1.82, 2.24) is 14.7 Å². The smallest absolute Gasteiger partial charge is 0.236 e. The first-order valence-electron chi connectivity index (χ1n) is 9.12. The average molecular weight is 414 g/mol. The molecule has 0 unspecified atom stereocenters. The van der Waals surface area contributed by atoms with Crippen molar-refractivity contribution in [3.8, 4) is 11.4 Å². The second kappa shape index (κ2) is 7.62. The number of halogens is 1. The lowest BCUT2D eigenvalue weighted by Gasteiger charge is -2.25. The van der Waals surface area contributed by atoms with Crippen LogP contribution in [0, 0.1) is 6.92 Å². The van der Waals surface area contributed by atoms with Crippen LogP contribution in [0.4, 0.5) is 0 Å². The third kappa shape index (κ3) is 3.81. The third-order valence-electron chi connectivity index (χ3n) is 5.01. The van der Waals surface area contributed by atoms with E-state index in [4.69, 9.17) is 16.6 Å². The van der Waals surface area contributed by atoms with Gasteiger partial charge in [-0.3, -0.25) is 0 Å². The molecule has 1 aliphatic rings. The number of rotatable bonds is 4. The van der Waals surface area contributed by atoms with E-state index in [1.165, 1.54) is 0 Å². The molecule has 1 aromatic heterocycles. The Hall–Kier alpha value is -2.28. The van der Waals surface area contributed by atoms with Crippen LogP contribution in [-0.4, -0.2) is 24.4 Å². The molecule has 0 bridgehead atoms. The highest BCUT2D eigenvalue weighted by atomic mass is 35.5. The van der Waals surface area contributed by atoms with Gasteiger partial charge in [0.05, 0.1) is 4.90 Å². The first-order valence-corrected chi connectivity index (χ1v) is 11.0. The van der Waals surface area contributed by atoms with Crippen molar-refractivity contribution in [1.29, 1.82) is 0 Å². The fourth-order valence-corrected chi connectivity index (χ4v) is 5.26. The summed E-state index contributed by atoms with van der Waals surface area (Å²) in [5.41, 5.74) is 3.51. The van der Waals surface area contributed by atoms with E-state index in [1.807, 2.05) is 36.5 Å². The molecule has 0 saturated heterocycles. The lowest BCUT2D eigenvalue weighted by atomic mass is 9.93. The van der Waals surface area contributed by atoms with Gasteiger partial charge in [-0.2, -0.15) is 0 Å². The molecule has 4 rings (SSSR count). The van der Waals surface area contributed by atoms with Crippen molar-refractivity contribution >= 4 is 21.6 Å². The summed E-state index contributed by atoms with van der Waals surface area (Å²) in [6.07, 6.45) is 3.79. The maximum atomic E-state index is 12.8. The topological polar surface area (TPSA) is 72.0 Å². The Kier molecular flexibility index (Phi) is 5.19. The summed E-state index contributed by atoms with van der Waals surface area (Å²) in [5, 5.41) is 0.443. The molecule has 1 atom stereocenters. The van der Waals surface area contributed by atoms with E-state index in [1.54, 1.807) is 25.1 Å². The molecule has 1 aliphatic carbocycles. The summed E-state index contributed by atoms with van der Waals surface area (Å²) in [7, 11) is -3.64. The van der Waals surface area contributed by atoms with Crippen LogP contribution in [0.15, 0.2) is 59.6 Å². The van der Waals surface area contributed by atoms with Crippen LogP contribution in [0.5, 0.6) is 0 Å². The fourth-order valence-electron chi connectivity index (χ4n) is 3.50. The number of hydrogen-bond donors (Lipinski definition) is 1. The number of nitrogens with zero attached hydrogens (tertiary/aromatic N) is 2. The van der Waals surface area contributed by atoms with Crippen LogP contribution in [0.3, 0.4) is 0 Å². The van der Waals surface area contributed by atoms with Gasteiger partial charge >= 0.3 is 0 Å². The minimum Gasteiger partial charge on any atom is -0.236 e. The number of aryl methyl sites for hydroxylation is 1. The van der Waals surface area contributed by atoms with E-state index < -0.39 is 10.0 Å². The van der Waals surface area contributed by atoms with Crippen LogP contribution in [0.25, 0.3) is 11.4 Å². The monoisotopic (exact) mass is 413 g/mol. The van der Waals surface area contributed by atoms with Crippen LogP contribution < -0.4 is 4.72 Å². The highest BCUT2D eigenvalue weighted by Gasteiger charge is 2.27. The van der Waals surface area contributed by atoms with Gasteiger partial charge in [-0.15, -0.1) is 0 Å². The maximum absolute atomic E-state index is 12.8. The van der Waals surface area contributed by atoms with Gasteiger partial charge in [0.1, 0.15) is 0 Å². The summed E-state index contributed by atoms with van der Waals surface area (Å²) in [5.74, 6) is 0.702. The van der Waals surface area contributed by atoms with Crippen molar-refractivity contribution in [3.63, 3.8) is 0 Å². The van der Waals surface area contributed by atoms with Gasteiger partial charge < -0.3 is 0 Å². The lowest BCUT2D eigenvalue weighted by Crippen LogP contribution is -2.39. The van der Waals surface area contributed by atoms with Crippen molar-refractivity contribution < 1.29 is 8.42 Å². The van der Waals surface area contributed by atoms with Gasteiger partial charge in [-0.25, -0.2) is 23.1 Å². The second-order valence-electron chi connectivity index (χ2n) is 6.96. The molecule has 0 amide bonds. The van der Waals surface area contributed by atoms with Crippen LogP contribution in [0.2, 0.25) is 5.02 Å². The van der Waals surface area contributed by atoms with Gasteiger partial charge in [0, 0.05) is 28.5 Å². The molecular formula is C21H20ClN3O2S. The molecular weight excluding hydrogens is 394 g/mol. The normalized spacial score (nSPS) is 16.6. The van der Waals surface area contributed by atoms with E-state index in [-0.39, 0.29) is 10.9 Å². The van der Waals surface area contributed by atoms with E-state index in [9.17, 15) is 8.42 Å². The van der Waals surface area contributed by atoms with Gasteiger partial charge in [-0.05, 0) is 49.4 Å². The minimum atomic E-state index is -3.64. The molecule has 0 fully saturated rings. The molecule has 1 heterocycles. The Balaban J connectivity index is 1.54. The van der Waals surface area contributed by atoms with E-state index >= 15 is 0 Å². The van der Waals surface area contributed by atoms with Crippen LogP contribution in [0.1, 0.15) is 23.2 Å². The number of aromatic nitrogens is 2. The van der Waals surface area contributed by atoms with E-state index in [2.05, 4.69) is 9.71 Å². The molecule has 0 radical (unpaired) electrons. The maximum Gasteiger partial charge on any atom is 0.241 e. The predicted octanol–water partition coefficient (Wildman–Crippen LogP) is 3.94. The molecule has 7 heteroatoms. The van der Waals surface area contributed by atoms with Gasteiger partial charge in [0.15, 0.2) is 5.82 Å².